The second kappa shape index (κ2) is 5.83. The van der Waals surface area contributed by atoms with E-state index in [1.54, 1.807) is 7.05 Å². The third kappa shape index (κ3) is 3.31. The fourth-order valence-electron chi connectivity index (χ4n) is 2.30. The summed E-state index contributed by atoms with van der Waals surface area (Å²) >= 11 is 0. The van der Waals surface area contributed by atoms with Gasteiger partial charge in [0.2, 0.25) is 0 Å². The minimum atomic E-state index is -0.498. The molecule has 0 spiro atoms. The molecule has 0 radical (unpaired) electrons. The molecule has 0 bridgehead atoms. The number of hydrogen-bond acceptors (Lipinski definition) is 4. The predicted octanol–water partition coefficient (Wildman–Crippen LogP) is 0.663. The molecule has 104 valence electrons. The van der Waals surface area contributed by atoms with Crippen molar-refractivity contribution < 1.29 is 9.72 Å². The van der Waals surface area contributed by atoms with Gasteiger partial charge in [0.05, 0.1) is 11.1 Å². The Labute approximate surface area is 111 Å². The summed E-state index contributed by atoms with van der Waals surface area (Å²) in [6.45, 7) is 2.55. The van der Waals surface area contributed by atoms with Crippen LogP contribution in [-0.4, -0.2) is 35.0 Å². The van der Waals surface area contributed by atoms with Gasteiger partial charge in [-0.25, -0.2) is 0 Å². The summed E-state index contributed by atoms with van der Waals surface area (Å²) in [6.07, 6.45) is 3.56. The molecule has 1 unspecified atom stereocenters. The van der Waals surface area contributed by atoms with Crippen LogP contribution in [0, 0.1) is 16.0 Å². The van der Waals surface area contributed by atoms with Crippen molar-refractivity contribution in [2.45, 2.75) is 12.8 Å². The molecule has 0 saturated carbocycles. The highest BCUT2D eigenvalue weighted by atomic mass is 16.6. The molecule has 7 nitrogen and oxygen atoms in total. The number of piperidine rings is 1. The van der Waals surface area contributed by atoms with Gasteiger partial charge in [0.1, 0.15) is 5.69 Å². The number of aryl methyl sites for hydroxylation is 1. The van der Waals surface area contributed by atoms with E-state index in [4.69, 9.17) is 0 Å². The number of nitro groups is 1. The summed E-state index contributed by atoms with van der Waals surface area (Å²) in [5, 5.41) is 16.8. The lowest BCUT2D eigenvalue weighted by Gasteiger charge is -2.22. The monoisotopic (exact) mass is 266 g/mol. The van der Waals surface area contributed by atoms with Crippen LogP contribution in [0.4, 0.5) is 5.69 Å². The van der Waals surface area contributed by atoms with Crippen molar-refractivity contribution in [1.29, 1.82) is 0 Å². The molecule has 1 aromatic heterocycles. The van der Waals surface area contributed by atoms with E-state index >= 15 is 0 Å². The summed E-state index contributed by atoms with van der Waals surface area (Å²) in [5.41, 5.74) is 0.252. The molecular formula is C12H18N4O3. The standard InChI is InChI=1S/C12H18N4O3/c1-15-8-10(16(18)19)5-11(15)12(17)14-7-9-3-2-4-13-6-9/h5,8-9,13H,2-4,6-7H2,1H3,(H,14,17). The van der Waals surface area contributed by atoms with Crippen molar-refractivity contribution in [3.05, 3.63) is 28.1 Å². The number of carbonyl (C=O) groups excluding carboxylic acids is 1. The Morgan fingerprint density at radius 3 is 3.05 bits per heavy atom. The van der Waals surface area contributed by atoms with Crippen LogP contribution in [-0.2, 0) is 7.05 Å². The van der Waals surface area contributed by atoms with E-state index in [1.807, 2.05) is 0 Å². The van der Waals surface area contributed by atoms with Gasteiger partial charge in [-0.2, -0.15) is 0 Å². The van der Waals surface area contributed by atoms with Gasteiger partial charge in [0, 0.05) is 19.7 Å². The summed E-state index contributed by atoms with van der Waals surface area (Å²) in [5.74, 6) is 0.175. The maximum absolute atomic E-state index is 12.0. The molecule has 2 heterocycles. The van der Waals surface area contributed by atoms with E-state index in [0.717, 1.165) is 25.9 Å². The van der Waals surface area contributed by atoms with E-state index in [0.29, 0.717) is 18.2 Å². The van der Waals surface area contributed by atoms with Gasteiger partial charge in [-0.05, 0) is 31.8 Å². The Bertz CT molecular complexity index is 477. The first-order chi connectivity index (χ1) is 9.08. The summed E-state index contributed by atoms with van der Waals surface area (Å²) < 4.78 is 1.48. The largest absolute Gasteiger partial charge is 0.350 e. The van der Waals surface area contributed by atoms with Gasteiger partial charge in [0.25, 0.3) is 11.6 Å². The van der Waals surface area contributed by atoms with E-state index in [9.17, 15) is 14.9 Å². The van der Waals surface area contributed by atoms with E-state index in [1.165, 1.54) is 16.8 Å². The van der Waals surface area contributed by atoms with Gasteiger partial charge in [-0.1, -0.05) is 0 Å². The Kier molecular flexibility index (Phi) is 4.16. The highest BCUT2D eigenvalue weighted by Gasteiger charge is 2.19. The van der Waals surface area contributed by atoms with Crippen LogP contribution in [0.5, 0.6) is 0 Å². The highest BCUT2D eigenvalue weighted by Crippen LogP contribution is 2.15. The summed E-state index contributed by atoms with van der Waals surface area (Å²) in [7, 11) is 1.63. The van der Waals surface area contributed by atoms with E-state index in [2.05, 4.69) is 10.6 Å². The Morgan fingerprint density at radius 2 is 2.47 bits per heavy atom. The predicted molar refractivity (Wildman–Crippen MR) is 70.0 cm³/mol. The molecule has 0 aromatic carbocycles. The molecule has 1 aromatic rings. The van der Waals surface area contributed by atoms with Gasteiger partial charge < -0.3 is 15.2 Å². The van der Waals surface area contributed by atoms with Gasteiger partial charge in [0.15, 0.2) is 0 Å². The average molecular weight is 266 g/mol. The first-order valence-electron chi connectivity index (χ1n) is 6.37. The average Bonchev–Trinajstić information content (AvgIpc) is 2.80. The van der Waals surface area contributed by atoms with Crippen molar-refractivity contribution in [1.82, 2.24) is 15.2 Å². The first-order valence-corrected chi connectivity index (χ1v) is 6.37. The van der Waals surface area contributed by atoms with Crippen LogP contribution >= 0.6 is 0 Å². The van der Waals surface area contributed by atoms with Crippen molar-refractivity contribution >= 4 is 11.6 Å². The maximum atomic E-state index is 12.0. The van der Waals surface area contributed by atoms with Crippen LogP contribution in [0.15, 0.2) is 12.3 Å². The molecular weight excluding hydrogens is 248 g/mol. The zero-order valence-corrected chi connectivity index (χ0v) is 10.9. The number of carbonyl (C=O) groups is 1. The summed E-state index contributed by atoms with van der Waals surface area (Å²) in [6, 6.07) is 1.30. The molecule has 1 atom stereocenters. The molecule has 1 fully saturated rings. The smallest absolute Gasteiger partial charge is 0.287 e. The van der Waals surface area contributed by atoms with E-state index in [-0.39, 0.29) is 11.6 Å². The quantitative estimate of drug-likeness (QED) is 0.619. The zero-order chi connectivity index (χ0) is 13.8. The second-order valence-corrected chi connectivity index (χ2v) is 4.87. The number of rotatable bonds is 4. The highest BCUT2D eigenvalue weighted by molar-refractivity contribution is 5.93. The van der Waals surface area contributed by atoms with Crippen LogP contribution in [0.25, 0.3) is 0 Å². The lowest BCUT2D eigenvalue weighted by Crippen LogP contribution is -2.38. The lowest BCUT2D eigenvalue weighted by atomic mass is 10.00. The molecule has 1 saturated heterocycles. The summed E-state index contributed by atoms with van der Waals surface area (Å²) in [4.78, 5) is 22.1. The number of amides is 1. The fourth-order valence-corrected chi connectivity index (χ4v) is 2.30. The Morgan fingerprint density at radius 1 is 1.68 bits per heavy atom. The topological polar surface area (TPSA) is 89.2 Å². The molecule has 2 rings (SSSR count). The van der Waals surface area contributed by atoms with Crippen LogP contribution in [0.2, 0.25) is 0 Å². The lowest BCUT2D eigenvalue weighted by molar-refractivity contribution is -0.384. The minimum absolute atomic E-state index is 0.0630. The number of nitrogens with one attached hydrogen (secondary N) is 2. The van der Waals surface area contributed by atoms with E-state index < -0.39 is 4.92 Å². The first kappa shape index (κ1) is 13.5. The Hall–Kier alpha value is -1.89. The van der Waals surface area contributed by atoms with Gasteiger partial charge >= 0.3 is 0 Å². The number of hydrogen-bond donors (Lipinski definition) is 2. The molecule has 1 amide bonds. The second-order valence-electron chi connectivity index (χ2n) is 4.87. The molecule has 19 heavy (non-hydrogen) atoms. The third-order valence-electron chi connectivity index (χ3n) is 3.38. The molecule has 2 N–H and O–H groups in total. The number of aromatic nitrogens is 1. The molecule has 1 aliphatic rings. The fraction of sp³-hybridized carbons (Fsp3) is 0.583. The van der Waals surface area contributed by atoms with Crippen LogP contribution in [0.1, 0.15) is 23.3 Å². The zero-order valence-electron chi connectivity index (χ0n) is 10.9. The third-order valence-corrected chi connectivity index (χ3v) is 3.38. The maximum Gasteiger partial charge on any atom is 0.287 e. The van der Waals surface area contributed by atoms with Crippen LogP contribution < -0.4 is 10.6 Å². The van der Waals surface area contributed by atoms with Crippen molar-refractivity contribution in [2.75, 3.05) is 19.6 Å². The van der Waals surface area contributed by atoms with Crippen LogP contribution in [0.3, 0.4) is 0 Å². The van der Waals surface area contributed by atoms with Crippen molar-refractivity contribution in [2.24, 2.45) is 13.0 Å². The molecule has 1 aliphatic heterocycles. The van der Waals surface area contributed by atoms with Crippen molar-refractivity contribution in [3.8, 4) is 0 Å². The number of nitrogens with zero attached hydrogens (tertiary/aromatic N) is 2. The molecule has 0 aliphatic carbocycles. The SMILES string of the molecule is Cn1cc([N+](=O)[O-])cc1C(=O)NCC1CCCNC1. The van der Waals surface area contributed by atoms with Gasteiger partial charge in [-0.3, -0.25) is 14.9 Å². The molecule has 7 heteroatoms. The van der Waals surface area contributed by atoms with Gasteiger partial charge in [-0.15, -0.1) is 0 Å². The normalized spacial score (nSPS) is 19.1. The Balaban J connectivity index is 1.93. The minimum Gasteiger partial charge on any atom is -0.350 e. The van der Waals surface area contributed by atoms with Crippen molar-refractivity contribution in [3.63, 3.8) is 0 Å².